The zero-order valence-electron chi connectivity index (χ0n) is 24.5. The number of carboxylic acids is 1. The predicted octanol–water partition coefficient (Wildman–Crippen LogP) is 8.62. The zero-order valence-corrected chi connectivity index (χ0v) is 24.5. The van der Waals surface area contributed by atoms with Gasteiger partial charge in [0.2, 0.25) is 0 Å². The molecule has 2 N–H and O–H groups in total. The number of carboxylic acid groups (broad SMARTS) is 1. The first-order valence-corrected chi connectivity index (χ1v) is 15.1. The number of aromatic carboxylic acids is 1. The van der Waals surface area contributed by atoms with Crippen molar-refractivity contribution in [2.45, 2.75) is 31.2 Å². The van der Waals surface area contributed by atoms with Crippen molar-refractivity contribution in [2.24, 2.45) is 11.8 Å². The van der Waals surface area contributed by atoms with Crippen LogP contribution < -0.4 is 0 Å². The van der Waals surface area contributed by atoms with Gasteiger partial charge < -0.3 is 10.2 Å². The first-order chi connectivity index (χ1) is 21.6. The number of nitrogens with zero attached hydrogens (tertiary/aromatic N) is 1. The molecule has 1 saturated heterocycles. The van der Waals surface area contributed by atoms with Crippen LogP contribution in [-0.4, -0.2) is 34.2 Å². The van der Waals surface area contributed by atoms with E-state index in [-0.39, 0.29) is 5.56 Å². The summed E-state index contributed by atoms with van der Waals surface area (Å²) in [6.45, 7) is 2.88. The lowest BCUT2D eigenvalue weighted by Gasteiger charge is -2.27. The molecule has 2 fully saturated rings. The van der Waals surface area contributed by atoms with Crippen LogP contribution in [0, 0.1) is 11.8 Å². The molecule has 1 saturated carbocycles. The van der Waals surface area contributed by atoms with Crippen LogP contribution in [0.3, 0.4) is 0 Å². The number of rotatable bonds is 6. The van der Waals surface area contributed by atoms with Crippen LogP contribution in [0.5, 0.6) is 0 Å². The molecule has 1 heterocycles. The van der Waals surface area contributed by atoms with E-state index in [2.05, 4.69) is 29.2 Å². The zero-order chi connectivity index (χ0) is 31.3. The second kappa shape index (κ2) is 11.2. The van der Waals surface area contributed by atoms with Crippen LogP contribution in [0.2, 0.25) is 0 Å². The molecule has 0 radical (unpaired) electrons. The Morgan fingerprint density at radius 1 is 0.778 bits per heavy atom. The summed E-state index contributed by atoms with van der Waals surface area (Å²) in [6.07, 6.45) is -2.99. The van der Waals surface area contributed by atoms with E-state index in [1.807, 2.05) is 48.5 Å². The van der Waals surface area contributed by atoms with Gasteiger partial charge in [-0.05, 0) is 99.2 Å². The maximum absolute atomic E-state index is 13.1. The summed E-state index contributed by atoms with van der Waals surface area (Å²) in [4.78, 5) is 14.5. The molecule has 0 spiro atoms. The number of carbonyl (C=O) groups is 1. The molecule has 7 heteroatoms. The summed E-state index contributed by atoms with van der Waals surface area (Å²) >= 11 is 0. The van der Waals surface area contributed by atoms with E-state index >= 15 is 0 Å². The third-order valence-corrected chi connectivity index (χ3v) is 9.58. The van der Waals surface area contributed by atoms with Gasteiger partial charge in [-0.25, -0.2) is 4.79 Å². The van der Waals surface area contributed by atoms with E-state index < -0.39 is 23.3 Å². The summed E-state index contributed by atoms with van der Waals surface area (Å²) in [6, 6.07) is 31.9. The molecule has 0 bridgehead atoms. The highest BCUT2D eigenvalue weighted by atomic mass is 19.4. The number of hydrogen-bond acceptors (Lipinski definition) is 3. The van der Waals surface area contributed by atoms with E-state index in [1.54, 1.807) is 12.1 Å². The molecule has 0 amide bonds. The van der Waals surface area contributed by atoms with E-state index in [0.717, 1.165) is 53.8 Å². The number of alkyl halides is 3. The molecular formula is C38H32F3NO3. The highest BCUT2D eigenvalue weighted by Gasteiger charge is 2.48. The van der Waals surface area contributed by atoms with Crippen molar-refractivity contribution in [3.8, 4) is 22.3 Å². The molecular weight excluding hydrogens is 575 g/mol. The van der Waals surface area contributed by atoms with Crippen LogP contribution in [0.15, 0.2) is 109 Å². The Morgan fingerprint density at radius 2 is 1.40 bits per heavy atom. The normalized spacial score (nSPS) is 19.6. The van der Waals surface area contributed by atoms with E-state index in [4.69, 9.17) is 0 Å². The topological polar surface area (TPSA) is 60.8 Å². The van der Waals surface area contributed by atoms with Crippen molar-refractivity contribution in [3.05, 3.63) is 131 Å². The highest BCUT2D eigenvalue weighted by Crippen LogP contribution is 2.49. The van der Waals surface area contributed by atoms with Gasteiger partial charge in [0, 0.05) is 19.6 Å². The molecule has 7 rings (SSSR count). The van der Waals surface area contributed by atoms with Gasteiger partial charge in [-0.15, -0.1) is 0 Å². The van der Waals surface area contributed by atoms with Crippen LogP contribution in [0.1, 0.15) is 39.9 Å². The summed E-state index contributed by atoms with van der Waals surface area (Å²) < 4.78 is 39.2. The number of aliphatic hydroxyl groups is 1. The summed E-state index contributed by atoms with van der Waals surface area (Å²) in [5, 5.41) is 23.1. The molecule has 1 aliphatic heterocycles. The molecule has 2 aliphatic rings. The van der Waals surface area contributed by atoms with Gasteiger partial charge in [-0.3, -0.25) is 4.90 Å². The fourth-order valence-electron chi connectivity index (χ4n) is 7.38. The van der Waals surface area contributed by atoms with Gasteiger partial charge in [0.05, 0.1) is 16.7 Å². The van der Waals surface area contributed by atoms with Crippen LogP contribution >= 0.6 is 0 Å². The minimum absolute atomic E-state index is 0.119. The lowest BCUT2D eigenvalue weighted by molar-refractivity contribution is -0.137. The summed E-state index contributed by atoms with van der Waals surface area (Å²) in [7, 11) is 0. The average molecular weight is 608 g/mol. The van der Waals surface area contributed by atoms with Gasteiger partial charge in [0.25, 0.3) is 0 Å². The van der Waals surface area contributed by atoms with E-state index in [1.165, 1.54) is 17.7 Å². The second-order valence-electron chi connectivity index (χ2n) is 12.6. The standard InChI is InChI=1S/C38H32F3NO3/c39-38(40,41)33-13-6-25(7-14-33)27-10-15-34-28(16-27)17-29(36(43)44)18-35(34)26-8-11-32(12-9-26)37(45)19-30-22-42(23-31(30)20-37)21-24-4-2-1-3-5-24/h1-18,30-31,45H,19-23H2,(H,43,44)/t30-,31-/m0/s1. The van der Waals surface area contributed by atoms with E-state index in [0.29, 0.717) is 41.2 Å². The van der Waals surface area contributed by atoms with Crippen molar-refractivity contribution in [3.63, 3.8) is 0 Å². The molecule has 0 aromatic heterocycles. The van der Waals surface area contributed by atoms with Gasteiger partial charge in [0.1, 0.15) is 0 Å². The molecule has 2 atom stereocenters. The molecule has 4 nitrogen and oxygen atoms in total. The number of fused-ring (bicyclic) bond motifs is 2. The smallest absolute Gasteiger partial charge is 0.416 e. The largest absolute Gasteiger partial charge is 0.478 e. The van der Waals surface area contributed by atoms with Crippen LogP contribution in [0.4, 0.5) is 13.2 Å². The molecule has 5 aromatic rings. The highest BCUT2D eigenvalue weighted by molar-refractivity contribution is 6.04. The Kier molecular flexibility index (Phi) is 7.26. The second-order valence-corrected chi connectivity index (χ2v) is 12.6. The fourth-order valence-corrected chi connectivity index (χ4v) is 7.38. The fraction of sp³-hybridized carbons (Fsp3) is 0.237. The molecule has 1 aliphatic carbocycles. The van der Waals surface area contributed by atoms with Gasteiger partial charge in [0.15, 0.2) is 0 Å². The molecule has 5 aromatic carbocycles. The van der Waals surface area contributed by atoms with Gasteiger partial charge in [-0.1, -0.05) is 78.9 Å². The van der Waals surface area contributed by atoms with Gasteiger partial charge in [-0.2, -0.15) is 13.2 Å². The number of likely N-dealkylation sites (tertiary alicyclic amines) is 1. The van der Waals surface area contributed by atoms with Crippen molar-refractivity contribution in [1.29, 1.82) is 0 Å². The van der Waals surface area contributed by atoms with Crippen LogP contribution in [-0.2, 0) is 18.3 Å². The monoisotopic (exact) mass is 607 g/mol. The number of benzene rings is 5. The molecule has 45 heavy (non-hydrogen) atoms. The number of halogens is 3. The average Bonchev–Trinajstić information content (AvgIpc) is 3.55. The quantitative estimate of drug-likeness (QED) is 0.203. The van der Waals surface area contributed by atoms with E-state index in [9.17, 15) is 28.2 Å². The SMILES string of the molecule is O=C(O)c1cc(-c2ccc(C3(O)C[C@H]4CN(Cc5ccccc5)C[C@@H]4C3)cc2)c2ccc(-c3ccc(C(F)(F)F)cc3)cc2c1. The van der Waals surface area contributed by atoms with Crippen molar-refractivity contribution < 1.29 is 28.2 Å². The Balaban J connectivity index is 1.13. The lowest BCUT2D eigenvalue weighted by atomic mass is 9.88. The minimum atomic E-state index is -4.42. The summed E-state index contributed by atoms with van der Waals surface area (Å²) in [5.41, 5.74) is 3.54. The maximum atomic E-state index is 13.1. The summed E-state index contributed by atoms with van der Waals surface area (Å²) in [5.74, 6) is -0.190. The van der Waals surface area contributed by atoms with Crippen LogP contribution in [0.25, 0.3) is 33.0 Å². The Morgan fingerprint density at radius 3 is 2.02 bits per heavy atom. The Hall–Kier alpha value is -4.46. The predicted molar refractivity (Wildman–Crippen MR) is 169 cm³/mol. The minimum Gasteiger partial charge on any atom is -0.478 e. The molecule has 0 unspecified atom stereocenters. The maximum Gasteiger partial charge on any atom is 0.416 e. The molecule has 228 valence electrons. The van der Waals surface area contributed by atoms with Crippen molar-refractivity contribution >= 4 is 16.7 Å². The Bertz CT molecular complexity index is 1850. The van der Waals surface area contributed by atoms with Crippen molar-refractivity contribution in [1.82, 2.24) is 4.90 Å². The van der Waals surface area contributed by atoms with Crippen molar-refractivity contribution in [2.75, 3.05) is 13.1 Å². The first-order valence-electron chi connectivity index (χ1n) is 15.1. The third-order valence-electron chi connectivity index (χ3n) is 9.58. The first kappa shape index (κ1) is 29.3. The third kappa shape index (κ3) is 5.74. The lowest BCUT2D eigenvalue weighted by Crippen LogP contribution is -2.28. The number of hydrogen-bond donors (Lipinski definition) is 2. The van der Waals surface area contributed by atoms with Gasteiger partial charge >= 0.3 is 12.1 Å². The Labute approximate surface area is 259 Å².